The summed E-state index contributed by atoms with van der Waals surface area (Å²) in [5.41, 5.74) is 1.11. The van der Waals surface area contributed by atoms with Crippen LogP contribution in [0, 0.1) is 0 Å². The van der Waals surface area contributed by atoms with Crippen LogP contribution in [0.1, 0.15) is 10.5 Å². The van der Waals surface area contributed by atoms with Gasteiger partial charge >= 0.3 is 0 Å². The van der Waals surface area contributed by atoms with Crippen molar-refractivity contribution in [1.82, 2.24) is 20.0 Å². The summed E-state index contributed by atoms with van der Waals surface area (Å²) < 4.78 is 17.0. The number of nitrogens with zero attached hydrogens (tertiary/aromatic N) is 4. The molecule has 0 bridgehead atoms. The number of hydrogen-bond acceptors (Lipinski definition) is 8. The van der Waals surface area contributed by atoms with Crippen molar-refractivity contribution in [3.63, 3.8) is 0 Å². The van der Waals surface area contributed by atoms with E-state index in [2.05, 4.69) is 15.3 Å². The molecule has 0 atom stereocenters. The Morgan fingerprint density at radius 2 is 1.46 bits per heavy atom. The minimum Gasteiger partial charge on any atom is -0.497 e. The number of hydrogen-bond donors (Lipinski definition) is 1. The number of fused-ring (bicyclic) bond motifs is 1. The largest absolute Gasteiger partial charge is 0.497 e. The first-order valence-corrected chi connectivity index (χ1v) is 13.1. The Morgan fingerprint density at radius 1 is 0.805 bits per heavy atom. The Morgan fingerprint density at radius 3 is 2.12 bits per heavy atom. The van der Waals surface area contributed by atoms with E-state index in [4.69, 9.17) is 14.2 Å². The lowest BCUT2D eigenvalue weighted by molar-refractivity contribution is -0.130. The molecule has 2 amide bonds. The van der Waals surface area contributed by atoms with E-state index in [0.29, 0.717) is 54.1 Å². The number of carbonyl (C=O) groups excluding carboxylic acids is 2. The van der Waals surface area contributed by atoms with Crippen molar-refractivity contribution in [3.8, 4) is 22.9 Å². The molecule has 4 aromatic rings. The standard InChI is InChI=1S/C30H31N5O6/c1-39-22-11-8-20(9-12-22)33-14-16-34(17-15-33)27(36)19-31-29(37)28-23-6-4-5-7-24(23)30(38)35(32-28)21-10-13-25(40-2)26(18-21)41-3/h4-13,18H,14-17,19H2,1-3H3,(H,31,37). The number of ether oxygens (including phenoxy) is 3. The van der Waals surface area contributed by atoms with Crippen molar-refractivity contribution in [3.05, 3.63) is 82.8 Å². The monoisotopic (exact) mass is 557 g/mol. The molecule has 0 aliphatic carbocycles. The molecular weight excluding hydrogens is 526 g/mol. The van der Waals surface area contributed by atoms with Crippen molar-refractivity contribution in [2.24, 2.45) is 0 Å². The molecule has 1 saturated heterocycles. The van der Waals surface area contributed by atoms with Crippen LogP contribution >= 0.6 is 0 Å². The molecule has 1 N–H and O–H groups in total. The molecule has 11 heteroatoms. The molecule has 0 saturated carbocycles. The Kier molecular flexibility index (Phi) is 8.04. The van der Waals surface area contributed by atoms with Crippen molar-refractivity contribution in [2.45, 2.75) is 0 Å². The molecule has 1 aliphatic heterocycles. The maximum atomic E-state index is 13.3. The van der Waals surface area contributed by atoms with Crippen LogP contribution in [0.15, 0.2) is 71.5 Å². The fourth-order valence-corrected chi connectivity index (χ4v) is 4.85. The number of carbonyl (C=O) groups is 2. The summed E-state index contributed by atoms with van der Waals surface area (Å²) in [7, 11) is 4.64. The maximum Gasteiger partial charge on any atom is 0.279 e. The Balaban J connectivity index is 1.31. The van der Waals surface area contributed by atoms with E-state index in [1.165, 1.54) is 14.2 Å². The summed E-state index contributed by atoms with van der Waals surface area (Å²) in [4.78, 5) is 43.6. The lowest BCUT2D eigenvalue weighted by atomic mass is 10.1. The molecule has 5 rings (SSSR count). The van der Waals surface area contributed by atoms with E-state index in [1.807, 2.05) is 24.3 Å². The van der Waals surface area contributed by atoms with Crippen LogP contribution in [-0.2, 0) is 4.79 Å². The number of nitrogens with one attached hydrogen (secondary N) is 1. The highest BCUT2D eigenvalue weighted by Gasteiger charge is 2.23. The van der Waals surface area contributed by atoms with Gasteiger partial charge in [0.15, 0.2) is 17.2 Å². The lowest BCUT2D eigenvalue weighted by Crippen LogP contribution is -2.51. The summed E-state index contributed by atoms with van der Waals surface area (Å²) in [5.74, 6) is 0.951. The molecule has 1 aromatic heterocycles. The molecular formula is C30H31N5O6. The van der Waals surface area contributed by atoms with Gasteiger partial charge in [-0.15, -0.1) is 0 Å². The molecule has 0 radical (unpaired) electrons. The van der Waals surface area contributed by atoms with Crippen molar-refractivity contribution in [1.29, 1.82) is 0 Å². The van der Waals surface area contributed by atoms with Crippen LogP contribution in [-0.4, -0.2) is 80.5 Å². The summed E-state index contributed by atoms with van der Waals surface area (Å²) in [6, 6.07) is 19.5. The first kappa shape index (κ1) is 27.5. The van der Waals surface area contributed by atoms with Crippen LogP contribution in [0.2, 0.25) is 0 Å². The predicted octanol–water partition coefficient (Wildman–Crippen LogP) is 2.49. The summed E-state index contributed by atoms with van der Waals surface area (Å²) in [6.07, 6.45) is 0. The SMILES string of the molecule is COc1ccc(N2CCN(C(=O)CNC(=O)c3nn(-c4ccc(OC)c(OC)c4)c(=O)c4ccccc34)CC2)cc1. The zero-order valence-electron chi connectivity index (χ0n) is 23.1. The van der Waals surface area contributed by atoms with Crippen molar-refractivity contribution < 1.29 is 23.8 Å². The number of amides is 2. The molecule has 0 unspecified atom stereocenters. The second-order valence-corrected chi connectivity index (χ2v) is 9.40. The van der Waals surface area contributed by atoms with E-state index in [0.717, 1.165) is 16.1 Å². The van der Waals surface area contributed by atoms with Gasteiger partial charge in [0, 0.05) is 43.3 Å². The number of benzene rings is 3. The third kappa shape index (κ3) is 5.65. The van der Waals surface area contributed by atoms with Gasteiger partial charge < -0.3 is 29.3 Å². The van der Waals surface area contributed by atoms with E-state index in [1.54, 1.807) is 54.5 Å². The first-order valence-electron chi connectivity index (χ1n) is 13.1. The molecule has 0 spiro atoms. The third-order valence-electron chi connectivity index (χ3n) is 7.10. The number of aromatic nitrogens is 2. The minimum absolute atomic E-state index is 0.0344. The highest BCUT2D eigenvalue weighted by atomic mass is 16.5. The van der Waals surface area contributed by atoms with Gasteiger partial charge in [-0.05, 0) is 42.5 Å². The van der Waals surface area contributed by atoms with E-state index in [9.17, 15) is 14.4 Å². The van der Waals surface area contributed by atoms with Crippen LogP contribution in [0.3, 0.4) is 0 Å². The normalized spacial score (nSPS) is 13.1. The highest BCUT2D eigenvalue weighted by molar-refractivity contribution is 6.05. The average Bonchev–Trinajstić information content (AvgIpc) is 3.03. The van der Waals surface area contributed by atoms with Crippen LogP contribution in [0.5, 0.6) is 17.2 Å². The molecule has 1 fully saturated rings. The molecule has 11 nitrogen and oxygen atoms in total. The van der Waals surface area contributed by atoms with Crippen LogP contribution in [0.25, 0.3) is 16.5 Å². The van der Waals surface area contributed by atoms with Gasteiger partial charge in [0.1, 0.15) is 5.75 Å². The molecule has 1 aliphatic rings. The number of methoxy groups -OCH3 is 3. The van der Waals surface area contributed by atoms with Gasteiger partial charge in [0.05, 0.1) is 38.9 Å². The molecule has 41 heavy (non-hydrogen) atoms. The highest BCUT2D eigenvalue weighted by Crippen LogP contribution is 2.29. The number of piperazine rings is 1. The Labute approximate surface area is 236 Å². The Bertz CT molecular complexity index is 1630. The molecule has 2 heterocycles. The van der Waals surface area contributed by atoms with E-state index < -0.39 is 11.5 Å². The number of anilines is 1. The fraction of sp³-hybridized carbons (Fsp3) is 0.267. The second kappa shape index (κ2) is 12.0. The van der Waals surface area contributed by atoms with Crippen LogP contribution in [0.4, 0.5) is 5.69 Å². The summed E-state index contributed by atoms with van der Waals surface area (Å²) in [6.45, 7) is 2.23. The van der Waals surface area contributed by atoms with Crippen molar-refractivity contribution >= 4 is 28.3 Å². The average molecular weight is 558 g/mol. The maximum absolute atomic E-state index is 13.3. The first-order chi connectivity index (χ1) is 19.9. The minimum atomic E-state index is -0.555. The van der Waals surface area contributed by atoms with Gasteiger partial charge in [-0.3, -0.25) is 14.4 Å². The molecule has 3 aromatic carbocycles. The zero-order chi connectivity index (χ0) is 28.9. The second-order valence-electron chi connectivity index (χ2n) is 9.40. The summed E-state index contributed by atoms with van der Waals surface area (Å²) >= 11 is 0. The van der Waals surface area contributed by atoms with Gasteiger partial charge in [-0.25, -0.2) is 0 Å². The van der Waals surface area contributed by atoms with Gasteiger partial charge in [-0.2, -0.15) is 9.78 Å². The summed E-state index contributed by atoms with van der Waals surface area (Å²) in [5, 5.41) is 7.82. The van der Waals surface area contributed by atoms with E-state index in [-0.39, 0.29) is 18.1 Å². The quantitative estimate of drug-likeness (QED) is 0.352. The van der Waals surface area contributed by atoms with E-state index >= 15 is 0 Å². The topological polar surface area (TPSA) is 115 Å². The smallest absolute Gasteiger partial charge is 0.279 e. The fourth-order valence-electron chi connectivity index (χ4n) is 4.85. The predicted molar refractivity (Wildman–Crippen MR) is 155 cm³/mol. The van der Waals surface area contributed by atoms with Crippen molar-refractivity contribution in [2.75, 3.05) is 59.0 Å². The van der Waals surface area contributed by atoms with Gasteiger partial charge in [0.2, 0.25) is 5.91 Å². The van der Waals surface area contributed by atoms with Crippen LogP contribution < -0.4 is 30.0 Å². The van der Waals surface area contributed by atoms with Gasteiger partial charge in [0.25, 0.3) is 11.5 Å². The zero-order valence-corrected chi connectivity index (χ0v) is 23.1. The Hall–Kier alpha value is -5.06. The lowest BCUT2D eigenvalue weighted by Gasteiger charge is -2.36. The molecule has 212 valence electrons. The number of rotatable bonds is 8. The third-order valence-corrected chi connectivity index (χ3v) is 7.10. The van der Waals surface area contributed by atoms with Gasteiger partial charge in [-0.1, -0.05) is 18.2 Å².